The number of nitrogens with two attached hydrogens (primary N) is 1. The number of benzene rings is 1. The van der Waals surface area contributed by atoms with Crippen molar-refractivity contribution in [1.82, 2.24) is 4.90 Å². The van der Waals surface area contributed by atoms with Crippen LogP contribution in [0.15, 0.2) is 41.5 Å². The van der Waals surface area contributed by atoms with Gasteiger partial charge in [0.05, 0.1) is 0 Å². The Labute approximate surface area is 161 Å². The summed E-state index contributed by atoms with van der Waals surface area (Å²) in [6.07, 6.45) is 2.83. The number of nitrogens with zero attached hydrogens (tertiary/aromatic N) is 1. The van der Waals surface area contributed by atoms with Gasteiger partial charge in [0.1, 0.15) is 0 Å². The molecule has 7 heteroatoms. The highest BCUT2D eigenvalue weighted by Crippen LogP contribution is 2.32. The van der Waals surface area contributed by atoms with Crippen molar-refractivity contribution >= 4 is 13.1 Å². The summed E-state index contributed by atoms with van der Waals surface area (Å²) in [7, 11) is -1.36. The Bertz CT molecular complexity index is 628. The molecule has 1 heterocycles. The van der Waals surface area contributed by atoms with Crippen LogP contribution in [0.25, 0.3) is 0 Å². The van der Waals surface area contributed by atoms with Gasteiger partial charge < -0.3 is 20.9 Å². The van der Waals surface area contributed by atoms with Crippen LogP contribution >= 0.6 is 0 Å². The number of carbonyl (C=O) groups is 1. The van der Waals surface area contributed by atoms with E-state index in [-0.39, 0.29) is 18.8 Å². The Morgan fingerprint density at radius 1 is 1.26 bits per heavy atom. The van der Waals surface area contributed by atoms with E-state index in [1.807, 2.05) is 18.2 Å². The molecule has 1 aliphatic heterocycles. The minimum atomic E-state index is -1.36. The van der Waals surface area contributed by atoms with Crippen LogP contribution in [0.2, 0.25) is 6.32 Å². The van der Waals surface area contributed by atoms with Crippen LogP contribution in [0, 0.1) is 5.92 Å². The lowest BCUT2D eigenvalue weighted by molar-refractivity contribution is -0.133. The highest BCUT2D eigenvalue weighted by molar-refractivity contribution is 6.40. The van der Waals surface area contributed by atoms with Crippen molar-refractivity contribution in [2.45, 2.75) is 45.0 Å². The second kappa shape index (κ2) is 10.6. The van der Waals surface area contributed by atoms with Crippen molar-refractivity contribution in [2.24, 2.45) is 11.7 Å². The third-order valence-electron chi connectivity index (χ3n) is 5.57. The molecule has 27 heavy (non-hydrogen) atoms. The van der Waals surface area contributed by atoms with Gasteiger partial charge in [-0.2, -0.15) is 0 Å². The average Bonchev–Trinajstić information content (AvgIpc) is 2.67. The Morgan fingerprint density at radius 2 is 1.89 bits per heavy atom. The zero-order valence-corrected chi connectivity index (χ0v) is 16.1. The molecule has 2 rings (SSSR count). The van der Waals surface area contributed by atoms with Gasteiger partial charge >= 0.3 is 13.1 Å². The average molecular weight is 374 g/mol. The molecule has 148 valence electrons. The summed E-state index contributed by atoms with van der Waals surface area (Å²) >= 11 is 0. The van der Waals surface area contributed by atoms with E-state index in [0.29, 0.717) is 24.5 Å². The van der Waals surface area contributed by atoms with Gasteiger partial charge in [0.25, 0.3) is 0 Å². The van der Waals surface area contributed by atoms with Crippen LogP contribution in [0.1, 0.15) is 44.2 Å². The fourth-order valence-electron chi connectivity index (χ4n) is 3.98. The Morgan fingerprint density at radius 3 is 2.41 bits per heavy atom. The van der Waals surface area contributed by atoms with E-state index in [1.165, 1.54) is 5.56 Å². The lowest BCUT2D eigenvalue weighted by atomic mass is 9.80. The topological polar surface area (TPSA) is 107 Å². The third kappa shape index (κ3) is 6.18. The third-order valence-corrected chi connectivity index (χ3v) is 5.57. The predicted molar refractivity (Wildman–Crippen MR) is 107 cm³/mol. The number of carboxylic acid groups (broad SMARTS) is 1. The van der Waals surface area contributed by atoms with E-state index < -0.39 is 13.1 Å². The molecule has 5 N–H and O–H groups in total. The largest absolute Gasteiger partial charge is 0.478 e. The first-order chi connectivity index (χ1) is 12.9. The molecule has 0 radical (unpaired) electrons. The first kappa shape index (κ1) is 21.6. The zero-order chi connectivity index (χ0) is 19.8. The first-order valence-electron chi connectivity index (χ1n) is 9.74. The van der Waals surface area contributed by atoms with E-state index in [1.54, 1.807) is 0 Å². The number of rotatable bonds is 9. The Balaban J connectivity index is 2.03. The minimum absolute atomic E-state index is 0.000627. The van der Waals surface area contributed by atoms with Crippen molar-refractivity contribution < 1.29 is 19.9 Å². The maximum Gasteiger partial charge on any atom is 0.451 e. The molecule has 1 aromatic rings. The monoisotopic (exact) mass is 374 g/mol. The fourth-order valence-corrected chi connectivity index (χ4v) is 3.98. The lowest BCUT2D eigenvalue weighted by Crippen LogP contribution is -2.37. The predicted octanol–water partition coefficient (Wildman–Crippen LogP) is 2.05. The number of piperidine rings is 1. The number of likely N-dealkylation sites (tertiary alicyclic amines) is 1. The van der Waals surface area contributed by atoms with Crippen molar-refractivity contribution in [3.05, 3.63) is 47.0 Å². The molecular formula is C20H31BN2O4. The Kier molecular flexibility index (Phi) is 8.50. The molecule has 1 unspecified atom stereocenters. The lowest BCUT2D eigenvalue weighted by Gasteiger charge is -2.37. The first-order valence-corrected chi connectivity index (χ1v) is 9.74. The maximum absolute atomic E-state index is 11.9. The molecular weight excluding hydrogens is 343 g/mol. The van der Waals surface area contributed by atoms with Gasteiger partial charge in [-0.05, 0) is 62.7 Å². The summed E-state index contributed by atoms with van der Waals surface area (Å²) in [5.41, 5.74) is 8.28. The van der Waals surface area contributed by atoms with Gasteiger partial charge in [0.15, 0.2) is 0 Å². The van der Waals surface area contributed by atoms with Crippen LogP contribution in [0.4, 0.5) is 0 Å². The molecule has 6 nitrogen and oxygen atoms in total. The SMILES string of the molecule is CC(c1ccccc1)N1CCC(/C(C(=O)O)=C(/CN)CCCB(O)O)CC1. The van der Waals surface area contributed by atoms with E-state index >= 15 is 0 Å². The molecule has 1 fully saturated rings. The molecule has 1 aromatic carbocycles. The van der Waals surface area contributed by atoms with Crippen LogP contribution < -0.4 is 5.73 Å². The van der Waals surface area contributed by atoms with E-state index in [2.05, 4.69) is 24.0 Å². The minimum Gasteiger partial charge on any atom is -0.478 e. The molecule has 0 saturated carbocycles. The standard InChI is InChI=1S/C20H31BN2O4/c1-15(16-6-3-2-4-7-16)23-12-9-17(10-13-23)19(20(24)25)18(14-22)8-5-11-21(26)27/h2-4,6-7,15,17,26-27H,5,8-14,22H2,1H3,(H,24,25)/b19-18-. The summed E-state index contributed by atoms with van der Waals surface area (Å²) in [4.78, 5) is 14.3. The smallest absolute Gasteiger partial charge is 0.451 e. The van der Waals surface area contributed by atoms with Gasteiger partial charge in [-0.3, -0.25) is 4.90 Å². The van der Waals surface area contributed by atoms with Crippen molar-refractivity contribution in [1.29, 1.82) is 0 Å². The molecule has 1 aliphatic rings. The highest BCUT2D eigenvalue weighted by Gasteiger charge is 2.30. The molecule has 0 aromatic heterocycles. The molecule has 0 aliphatic carbocycles. The van der Waals surface area contributed by atoms with Crippen molar-refractivity contribution in [2.75, 3.05) is 19.6 Å². The molecule has 0 spiro atoms. The van der Waals surface area contributed by atoms with Crippen LogP contribution in [0.5, 0.6) is 0 Å². The fraction of sp³-hybridized carbons (Fsp3) is 0.550. The quantitative estimate of drug-likeness (QED) is 0.389. The molecule has 0 bridgehead atoms. The second-order valence-electron chi connectivity index (χ2n) is 7.30. The van der Waals surface area contributed by atoms with Gasteiger partial charge in [-0.15, -0.1) is 0 Å². The summed E-state index contributed by atoms with van der Waals surface area (Å²) in [6, 6.07) is 10.7. The van der Waals surface area contributed by atoms with Gasteiger partial charge in [-0.1, -0.05) is 36.8 Å². The van der Waals surface area contributed by atoms with Crippen LogP contribution in [0.3, 0.4) is 0 Å². The van der Waals surface area contributed by atoms with Gasteiger partial charge in [0.2, 0.25) is 0 Å². The number of carboxylic acids is 1. The Hall–Kier alpha value is -1.67. The van der Waals surface area contributed by atoms with Gasteiger partial charge in [-0.25, -0.2) is 4.79 Å². The van der Waals surface area contributed by atoms with Crippen LogP contribution in [-0.4, -0.2) is 52.8 Å². The van der Waals surface area contributed by atoms with Crippen molar-refractivity contribution in [3.8, 4) is 0 Å². The summed E-state index contributed by atoms with van der Waals surface area (Å²) < 4.78 is 0. The summed E-state index contributed by atoms with van der Waals surface area (Å²) in [5, 5.41) is 27.8. The normalized spacial score (nSPS) is 18.1. The van der Waals surface area contributed by atoms with E-state index in [4.69, 9.17) is 15.8 Å². The molecule has 1 atom stereocenters. The summed E-state index contributed by atoms with van der Waals surface area (Å²) in [5.74, 6) is -0.895. The molecule has 1 saturated heterocycles. The second-order valence-corrected chi connectivity index (χ2v) is 7.30. The van der Waals surface area contributed by atoms with Crippen molar-refractivity contribution in [3.63, 3.8) is 0 Å². The molecule has 0 amide bonds. The maximum atomic E-state index is 11.9. The van der Waals surface area contributed by atoms with Crippen LogP contribution in [-0.2, 0) is 4.79 Å². The highest BCUT2D eigenvalue weighted by atomic mass is 16.4. The van der Waals surface area contributed by atoms with Gasteiger partial charge in [0, 0.05) is 18.2 Å². The van der Waals surface area contributed by atoms with E-state index in [9.17, 15) is 9.90 Å². The zero-order valence-electron chi connectivity index (χ0n) is 16.1. The number of hydrogen-bond acceptors (Lipinski definition) is 5. The number of hydrogen-bond donors (Lipinski definition) is 4. The number of aliphatic carboxylic acids is 1. The summed E-state index contributed by atoms with van der Waals surface area (Å²) in [6.45, 7) is 4.09. The van der Waals surface area contributed by atoms with E-state index in [0.717, 1.165) is 31.5 Å².